The molecule has 2 aliphatic rings. The Bertz CT molecular complexity index is 1090. The van der Waals surface area contributed by atoms with Crippen molar-refractivity contribution >= 4 is 40.3 Å². The van der Waals surface area contributed by atoms with Crippen molar-refractivity contribution in [3.63, 3.8) is 0 Å². The molecule has 0 aliphatic carbocycles. The van der Waals surface area contributed by atoms with Crippen molar-refractivity contribution in [2.24, 2.45) is 4.99 Å². The summed E-state index contributed by atoms with van der Waals surface area (Å²) >= 11 is 1.48. The van der Waals surface area contributed by atoms with Crippen LogP contribution in [0.3, 0.4) is 0 Å². The smallest absolute Gasteiger partial charge is 0.266 e. The minimum atomic E-state index is 0.0484. The molecule has 0 radical (unpaired) electrons. The quantitative estimate of drug-likeness (QED) is 0.442. The fourth-order valence-electron chi connectivity index (χ4n) is 5.31. The maximum absolute atomic E-state index is 13.2. The van der Waals surface area contributed by atoms with Gasteiger partial charge in [-0.3, -0.25) is 9.69 Å². The van der Waals surface area contributed by atoms with E-state index in [9.17, 15) is 4.79 Å². The number of anilines is 1. The molecular formula is C28H35N3OS. The molecule has 174 valence electrons. The lowest BCUT2D eigenvalue weighted by Crippen LogP contribution is -2.51. The third kappa shape index (κ3) is 4.74. The largest absolute Gasteiger partial charge is 0.364 e. The molecule has 2 aliphatic heterocycles. The first-order chi connectivity index (χ1) is 15.7. The van der Waals surface area contributed by atoms with Crippen molar-refractivity contribution in [2.75, 3.05) is 11.4 Å². The van der Waals surface area contributed by atoms with Crippen molar-refractivity contribution in [3.05, 3.63) is 64.6 Å². The van der Waals surface area contributed by atoms with Gasteiger partial charge in [-0.2, -0.15) is 0 Å². The molecule has 0 bridgehead atoms. The number of nitrogens with zero attached hydrogens (tertiary/aromatic N) is 3. The number of aliphatic imine (C=N–C) groups is 1. The summed E-state index contributed by atoms with van der Waals surface area (Å²) in [6, 6.07) is 17.0. The third-order valence-corrected chi connectivity index (χ3v) is 7.44. The highest BCUT2D eigenvalue weighted by molar-refractivity contribution is 8.18. The topological polar surface area (TPSA) is 35.9 Å². The average molecular weight is 462 g/mol. The monoisotopic (exact) mass is 461 g/mol. The van der Waals surface area contributed by atoms with E-state index >= 15 is 0 Å². The number of fused-ring (bicyclic) bond motifs is 1. The number of amidine groups is 1. The van der Waals surface area contributed by atoms with Crippen LogP contribution in [-0.2, 0) is 4.79 Å². The molecule has 0 N–H and O–H groups in total. The number of hydrogen-bond donors (Lipinski definition) is 0. The minimum absolute atomic E-state index is 0.0484. The number of hydrogen-bond acceptors (Lipinski definition) is 4. The molecule has 0 spiro atoms. The Balaban J connectivity index is 1.69. The molecule has 1 fully saturated rings. The number of carbonyl (C=O) groups excluding carboxylic acids is 1. The summed E-state index contributed by atoms with van der Waals surface area (Å²) in [5.74, 6) is 0.523. The van der Waals surface area contributed by atoms with Crippen LogP contribution in [0, 0.1) is 0 Å². The first-order valence-electron chi connectivity index (χ1n) is 12.0. The molecule has 4 nitrogen and oxygen atoms in total. The predicted molar refractivity (Wildman–Crippen MR) is 142 cm³/mol. The van der Waals surface area contributed by atoms with Crippen LogP contribution in [-0.4, -0.2) is 34.1 Å². The van der Waals surface area contributed by atoms with Crippen LogP contribution in [0.15, 0.2) is 58.4 Å². The summed E-state index contributed by atoms with van der Waals surface area (Å²) in [4.78, 5) is 23.1. The van der Waals surface area contributed by atoms with Gasteiger partial charge < -0.3 is 4.90 Å². The molecule has 1 atom stereocenters. The van der Waals surface area contributed by atoms with Gasteiger partial charge >= 0.3 is 0 Å². The van der Waals surface area contributed by atoms with E-state index in [1.807, 2.05) is 41.3 Å². The van der Waals surface area contributed by atoms with E-state index in [4.69, 9.17) is 4.99 Å². The molecule has 1 unspecified atom stereocenters. The lowest BCUT2D eigenvalue weighted by Gasteiger charge is -2.50. The van der Waals surface area contributed by atoms with Gasteiger partial charge in [0.25, 0.3) is 5.91 Å². The maximum atomic E-state index is 13.2. The fraction of sp³-hybridized carbons (Fsp3) is 0.429. The SMILES string of the molecule is CCCN1C(=O)/C(=C/c2ccc3c(c2)C(C)CC(C)(C)N3C(C)C)SC1=Nc1ccccc1. The van der Waals surface area contributed by atoms with Crippen LogP contribution < -0.4 is 4.90 Å². The van der Waals surface area contributed by atoms with Crippen molar-refractivity contribution < 1.29 is 4.79 Å². The summed E-state index contributed by atoms with van der Waals surface area (Å²) in [7, 11) is 0. The number of para-hydroxylation sites is 1. The summed E-state index contributed by atoms with van der Waals surface area (Å²) in [5, 5.41) is 0.762. The Labute approximate surface area is 202 Å². The summed E-state index contributed by atoms with van der Waals surface area (Å²) in [6.45, 7) is 14.3. The van der Waals surface area contributed by atoms with Crippen molar-refractivity contribution in [3.8, 4) is 0 Å². The Morgan fingerprint density at radius 1 is 1.18 bits per heavy atom. The van der Waals surface area contributed by atoms with Gasteiger partial charge in [0, 0.05) is 23.8 Å². The van der Waals surface area contributed by atoms with Crippen LogP contribution in [0.25, 0.3) is 6.08 Å². The summed E-state index contributed by atoms with van der Waals surface area (Å²) < 4.78 is 0. The molecule has 2 aromatic rings. The number of benzene rings is 2. The maximum Gasteiger partial charge on any atom is 0.266 e. The van der Waals surface area contributed by atoms with E-state index in [1.165, 1.54) is 23.0 Å². The third-order valence-electron chi connectivity index (χ3n) is 6.43. The average Bonchev–Trinajstić information content (AvgIpc) is 3.03. The Morgan fingerprint density at radius 3 is 2.58 bits per heavy atom. The summed E-state index contributed by atoms with van der Waals surface area (Å²) in [5.41, 5.74) is 4.77. The van der Waals surface area contributed by atoms with Crippen molar-refractivity contribution in [2.45, 2.75) is 71.9 Å². The zero-order valence-electron chi connectivity index (χ0n) is 20.6. The van der Waals surface area contributed by atoms with Gasteiger partial charge in [0.2, 0.25) is 0 Å². The first kappa shape index (κ1) is 23.6. The zero-order chi connectivity index (χ0) is 23.8. The van der Waals surface area contributed by atoms with Gasteiger partial charge in [-0.05, 0) is 99.7 Å². The lowest BCUT2D eigenvalue weighted by molar-refractivity contribution is -0.122. The van der Waals surface area contributed by atoms with Gasteiger partial charge in [0.1, 0.15) is 0 Å². The van der Waals surface area contributed by atoms with Crippen molar-refractivity contribution in [1.29, 1.82) is 0 Å². The molecule has 1 amide bonds. The zero-order valence-corrected chi connectivity index (χ0v) is 21.4. The highest BCUT2D eigenvalue weighted by atomic mass is 32.2. The molecule has 0 aromatic heterocycles. The van der Waals surface area contributed by atoms with Crippen LogP contribution >= 0.6 is 11.8 Å². The molecule has 0 saturated carbocycles. The van der Waals surface area contributed by atoms with E-state index in [0.717, 1.165) is 34.2 Å². The van der Waals surface area contributed by atoms with E-state index in [2.05, 4.69) is 64.6 Å². The number of rotatable bonds is 5. The van der Waals surface area contributed by atoms with Gasteiger partial charge in [-0.15, -0.1) is 0 Å². The highest BCUT2D eigenvalue weighted by Crippen LogP contribution is 2.45. The second-order valence-corrected chi connectivity index (χ2v) is 11.0. The molecule has 5 heteroatoms. The number of amides is 1. The predicted octanol–water partition coefficient (Wildman–Crippen LogP) is 7.20. The lowest BCUT2D eigenvalue weighted by atomic mass is 9.79. The number of thioether (sulfide) groups is 1. The highest BCUT2D eigenvalue weighted by Gasteiger charge is 2.38. The molecule has 2 heterocycles. The first-order valence-corrected chi connectivity index (χ1v) is 12.8. The van der Waals surface area contributed by atoms with Gasteiger partial charge in [-0.25, -0.2) is 4.99 Å². The molecule has 2 aromatic carbocycles. The van der Waals surface area contributed by atoms with Gasteiger partial charge in [0.05, 0.1) is 10.6 Å². The second-order valence-electron chi connectivity index (χ2n) is 10.00. The van der Waals surface area contributed by atoms with Gasteiger partial charge in [-0.1, -0.05) is 38.1 Å². The Kier molecular flexibility index (Phi) is 6.71. The van der Waals surface area contributed by atoms with Gasteiger partial charge in [0.15, 0.2) is 5.17 Å². The molecule has 4 rings (SSSR count). The van der Waals surface area contributed by atoms with E-state index in [1.54, 1.807) is 0 Å². The summed E-state index contributed by atoms with van der Waals surface area (Å²) in [6.07, 6.45) is 4.05. The van der Waals surface area contributed by atoms with Crippen LogP contribution in [0.2, 0.25) is 0 Å². The second kappa shape index (κ2) is 9.38. The van der Waals surface area contributed by atoms with E-state index in [0.29, 0.717) is 18.5 Å². The van der Waals surface area contributed by atoms with Crippen molar-refractivity contribution in [1.82, 2.24) is 4.90 Å². The standard InChI is InChI=1S/C28H35N3OS/c1-7-15-30-26(32)25(33-27(30)29-22-11-9-8-10-12-22)17-21-13-14-24-23(16-21)20(4)18-28(5,6)31(24)19(2)3/h8-14,16-17,19-20H,7,15,18H2,1-6H3/b25-17-,29-27?. The van der Waals surface area contributed by atoms with Crippen LogP contribution in [0.4, 0.5) is 11.4 Å². The Hall–Kier alpha value is -2.53. The Morgan fingerprint density at radius 2 is 1.91 bits per heavy atom. The molecular weight excluding hydrogens is 426 g/mol. The minimum Gasteiger partial charge on any atom is -0.364 e. The molecule has 1 saturated heterocycles. The van der Waals surface area contributed by atoms with E-state index < -0.39 is 0 Å². The normalized spacial score (nSPS) is 22.5. The number of carbonyl (C=O) groups is 1. The van der Waals surface area contributed by atoms with E-state index in [-0.39, 0.29) is 11.4 Å². The fourth-order valence-corrected chi connectivity index (χ4v) is 6.34. The molecule has 33 heavy (non-hydrogen) atoms. The van der Waals surface area contributed by atoms with Crippen LogP contribution in [0.5, 0.6) is 0 Å². The van der Waals surface area contributed by atoms with Crippen LogP contribution in [0.1, 0.15) is 71.4 Å².